The molecule has 0 heterocycles. The molecular formula is C14H26O4. The molecule has 0 aromatic heterocycles. The molecule has 4 heteroatoms. The molecule has 4 nitrogen and oxygen atoms in total. The van der Waals surface area contributed by atoms with Crippen LogP contribution >= 0.6 is 0 Å². The minimum Gasteiger partial charge on any atom is -0.394 e. The van der Waals surface area contributed by atoms with E-state index < -0.39 is 5.60 Å². The maximum absolute atomic E-state index is 8.83. The Kier molecular flexibility index (Phi) is 9.03. The molecule has 0 spiro atoms. The van der Waals surface area contributed by atoms with E-state index in [4.69, 9.17) is 19.7 Å². The first kappa shape index (κ1) is 17.4. The fourth-order valence-corrected chi connectivity index (χ4v) is 1.72. The Morgan fingerprint density at radius 2 is 1.72 bits per heavy atom. The third kappa shape index (κ3) is 8.48. The summed E-state index contributed by atoms with van der Waals surface area (Å²) in [5.41, 5.74) is -0.562. The van der Waals surface area contributed by atoms with E-state index in [1.807, 2.05) is 13.8 Å². The van der Waals surface area contributed by atoms with Gasteiger partial charge in [0.2, 0.25) is 0 Å². The van der Waals surface area contributed by atoms with Gasteiger partial charge in [-0.1, -0.05) is 25.7 Å². The van der Waals surface area contributed by atoms with Crippen molar-refractivity contribution in [2.75, 3.05) is 26.4 Å². The van der Waals surface area contributed by atoms with E-state index in [9.17, 15) is 0 Å². The average Bonchev–Trinajstić information content (AvgIpc) is 2.30. The molecule has 2 atom stereocenters. The summed E-state index contributed by atoms with van der Waals surface area (Å²) in [6.07, 6.45) is 0.563. The van der Waals surface area contributed by atoms with Crippen molar-refractivity contribution in [2.45, 2.75) is 45.8 Å². The van der Waals surface area contributed by atoms with Gasteiger partial charge in [-0.3, -0.25) is 0 Å². The first-order valence-electron chi connectivity index (χ1n) is 6.43. The summed E-state index contributed by atoms with van der Waals surface area (Å²) in [5.74, 6) is 6.52. The average molecular weight is 258 g/mol. The molecule has 0 aromatic rings. The second-order valence-corrected chi connectivity index (χ2v) is 4.91. The summed E-state index contributed by atoms with van der Waals surface area (Å²) in [6, 6.07) is 0. The predicted octanol–water partition coefficient (Wildman–Crippen LogP) is 1.20. The highest BCUT2D eigenvalue weighted by Gasteiger charge is 2.23. The van der Waals surface area contributed by atoms with E-state index in [2.05, 4.69) is 25.7 Å². The normalized spacial score (nSPS) is 15.9. The predicted molar refractivity (Wildman–Crippen MR) is 71.2 cm³/mol. The summed E-state index contributed by atoms with van der Waals surface area (Å²) in [4.78, 5) is 0. The van der Waals surface area contributed by atoms with Crippen molar-refractivity contribution >= 4 is 0 Å². The zero-order valence-electron chi connectivity index (χ0n) is 11.9. The minimum atomic E-state index is -0.562. The molecular weight excluding hydrogens is 232 g/mol. The van der Waals surface area contributed by atoms with Crippen molar-refractivity contribution in [1.29, 1.82) is 0 Å². The number of aliphatic hydroxyl groups excluding tert-OH is 2. The largest absolute Gasteiger partial charge is 0.394 e. The van der Waals surface area contributed by atoms with Crippen molar-refractivity contribution in [2.24, 2.45) is 5.92 Å². The quantitative estimate of drug-likeness (QED) is 0.642. The van der Waals surface area contributed by atoms with Crippen LogP contribution in [0.15, 0.2) is 0 Å². The van der Waals surface area contributed by atoms with Crippen LogP contribution in [0.4, 0.5) is 0 Å². The summed E-state index contributed by atoms with van der Waals surface area (Å²) >= 11 is 0. The Morgan fingerprint density at radius 1 is 1.11 bits per heavy atom. The van der Waals surface area contributed by atoms with Crippen molar-refractivity contribution in [3.63, 3.8) is 0 Å². The fraction of sp³-hybridized carbons (Fsp3) is 0.857. The third-order valence-electron chi connectivity index (χ3n) is 2.31. The minimum absolute atomic E-state index is 0.00368. The molecule has 2 unspecified atom stereocenters. The molecule has 106 valence electrons. The Morgan fingerprint density at radius 3 is 2.22 bits per heavy atom. The SMILES string of the molecule is CC(C)CC(C)(C#CC(C)OCCO)OCCO. The van der Waals surface area contributed by atoms with Crippen LogP contribution in [0.2, 0.25) is 0 Å². The molecule has 0 amide bonds. The molecule has 0 aliphatic carbocycles. The van der Waals surface area contributed by atoms with Crippen molar-refractivity contribution in [1.82, 2.24) is 0 Å². The van der Waals surface area contributed by atoms with Crippen LogP contribution in [0, 0.1) is 17.8 Å². The smallest absolute Gasteiger partial charge is 0.126 e. The van der Waals surface area contributed by atoms with E-state index in [0.29, 0.717) is 5.92 Å². The number of ether oxygens (including phenoxy) is 2. The molecule has 0 saturated heterocycles. The lowest BCUT2D eigenvalue weighted by Gasteiger charge is -2.26. The maximum Gasteiger partial charge on any atom is 0.126 e. The number of rotatable bonds is 8. The fourth-order valence-electron chi connectivity index (χ4n) is 1.72. The van der Waals surface area contributed by atoms with Crippen molar-refractivity contribution < 1.29 is 19.7 Å². The van der Waals surface area contributed by atoms with Crippen molar-refractivity contribution in [3.8, 4) is 11.8 Å². The van der Waals surface area contributed by atoms with E-state index in [-0.39, 0.29) is 32.5 Å². The highest BCUT2D eigenvalue weighted by Crippen LogP contribution is 2.20. The second-order valence-electron chi connectivity index (χ2n) is 4.91. The van der Waals surface area contributed by atoms with Crippen LogP contribution in [0.3, 0.4) is 0 Å². The lowest BCUT2D eigenvalue weighted by Crippen LogP contribution is -2.30. The molecule has 0 saturated carbocycles. The van der Waals surface area contributed by atoms with Gasteiger partial charge in [-0.25, -0.2) is 0 Å². The van der Waals surface area contributed by atoms with Crippen LogP contribution in [0.5, 0.6) is 0 Å². The molecule has 0 bridgehead atoms. The summed E-state index contributed by atoms with van der Waals surface area (Å²) in [5, 5.41) is 17.5. The zero-order valence-corrected chi connectivity index (χ0v) is 11.9. The Hall–Kier alpha value is -0.600. The molecule has 0 radical (unpaired) electrons. The van der Waals surface area contributed by atoms with E-state index in [1.165, 1.54) is 0 Å². The van der Waals surface area contributed by atoms with Gasteiger partial charge >= 0.3 is 0 Å². The second kappa shape index (κ2) is 9.35. The summed E-state index contributed by atoms with van der Waals surface area (Å²) in [6.45, 7) is 8.53. The summed E-state index contributed by atoms with van der Waals surface area (Å²) in [7, 11) is 0. The highest BCUT2D eigenvalue weighted by atomic mass is 16.5. The Balaban J connectivity index is 4.51. The first-order chi connectivity index (χ1) is 8.43. The van der Waals surface area contributed by atoms with Gasteiger partial charge in [0.05, 0.1) is 26.4 Å². The van der Waals surface area contributed by atoms with Crippen LogP contribution in [0.1, 0.15) is 34.1 Å². The van der Waals surface area contributed by atoms with Gasteiger partial charge in [-0.15, -0.1) is 0 Å². The number of hydrogen-bond acceptors (Lipinski definition) is 4. The standard InChI is InChI=1S/C14H26O4/c1-12(2)11-14(4,18-10-8-16)6-5-13(3)17-9-7-15/h12-13,15-16H,7-11H2,1-4H3. The Labute approximate surface area is 110 Å². The van der Waals surface area contributed by atoms with Gasteiger partial charge < -0.3 is 19.7 Å². The van der Waals surface area contributed by atoms with Crippen LogP contribution in [0.25, 0.3) is 0 Å². The molecule has 0 aliphatic heterocycles. The van der Waals surface area contributed by atoms with E-state index in [1.54, 1.807) is 0 Å². The van der Waals surface area contributed by atoms with Crippen LogP contribution in [-0.2, 0) is 9.47 Å². The molecule has 0 aliphatic rings. The molecule has 18 heavy (non-hydrogen) atoms. The molecule has 0 rings (SSSR count). The van der Waals surface area contributed by atoms with E-state index in [0.717, 1.165) is 6.42 Å². The monoisotopic (exact) mass is 258 g/mol. The van der Waals surface area contributed by atoms with Gasteiger partial charge in [-0.05, 0) is 26.2 Å². The van der Waals surface area contributed by atoms with Crippen LogP contribution < -0.4 is 0 Å². The van der Waals surface area contributed by atoms with Gasteiger partial charge in [0.25, 0.3) is 0 Å². The summed E-state index contributed by atoms with van der Waals surface area (Å²) < 4.78 is 10.9. The molecule has 2 N–H and O–H groups in total. The van der Waals surface area contributed by atoms with Gasteiger partial charge in [0.15, 0.2) is 0 Å². The topological polar surface area (TPSA) is 58.9 Å². The zero-order chi connectivity index (χ0) is 14.0. The van der Waals surface area contributed by atoms with Gasteiger partial charge in [-0.2, -0.15) is 0 Å². The van der Waals surface area contributed by atoms with Crippen molar-refractivity contribution in [3.05, 3.63) is 0 Å². The number of hydrogen-bond donors (Lipinski definition) is 2. The van der Waals surface area contributed by atoms with Gasteiger partial charge in [0, 0.05) is 0 Å². The number of aliphatic hydroxyl groups is 2. The maximum atomic E-state index is 8.83. The molecule has 0 aromatic carbocycles. The lowest BCUT2D eigenvalue weighted by molar-refractivity contribution is -0.0184. The Bertz CT molecular complexity index is 267. The van der Waals surface area contributed by atoms with Gasteiger partial charge in [0.1, 0.15) is 11.7 Å². The highest BCUT2D eigenvalue weighted by molar-refractivity contribution is 5.15. The van der Waals surface area contributed by atoms with E-state index >= 15 is 0 Å². The third-order valence-corrected chi connectivity index (χ3v) is 2.31. The lowest BCUT2D eigenvalue weighted by atomic mass is 9.94. The van der Waals surface area contributed by atoms with Crippen LogP contribution in [-0.4, -0.2) is 48.3 Å². The molecule has 0 fully saturated rings. The first-order valence-corrected chi connectivity index (χ1v) is 6.43.